The van der Waals surface area contributed by atoms with Crippen LogP contribution in [0.1, 0.15) is 58.6 Å². The van der Waals surface area contributed by atoms with Crippen molar-refractivity contribution < 1.29 is 23.1 Å². The van der Waals surface area contributed by atoms with E-state index in [4.69, 9.17) is 20.8 Å². The molecule has 0 spiro atoms. The molecule has 230 valence electrons. The number of hydrogen-bond donors (Lipinski definition) is 1. The monoisotopic (exact) mass is 618 g/mol. The van der Waals surface area contributed by atoms with Gasteiger partial charge < -0.3 is 24.3 Å². The number of allylic oxidation sites excluding steroid dienone is 1. The van der Waals surface area contributed by atoms with E-state index in [1.54, 1.807) is 24.7 Å². The molecule has 2 fully saturated rings. The number of rotatable bonds is 7. The molecule has 7 rings (SSSR count). The Hall–Kier alpha value is -3.66. The molecular formula is C34H36ClFN4O4. The molecule has 4 aliphatic rings. The van der Waals surface area contributed by atoms with Gasteiger partial charge in [0.2, 0.25) is 0 Å². The van der Waals surface area contributed by atoms with Crippen LogP contribution in [0.4, 0.5) is 10.1 Å². The molecule has 1 aliphatic carbocycles. The third-order valence-corrected chi connectivity index (χ3v) is 9.52. The van der Waals surface area contributed by atoms with Crippen LogP contribution in [-0.4, -0.2) is 73.8 Å². The molecule has 1 amide bonds. The summed E-state index contributed by atoms with van der Waals surface area (Å²) in [6.07, 6.45) is 8.63. The highest BCUT2D eigenvalue weighted by atomic mass is 35.5. The Morgan fingerprint density at radius 2 is 1.86 bits per heavy atom. The number of anilines is 1. The Morgan fingerprint density at radius 3 is 2.64 bits per heavy atom. The molecule has 0 radical (unpaired) electrons. The van der Waals surface area contributed by atoms with Crippen LogP contribution < -0.4 is 15.0 Å². The number of nitrogens with one attached hydrogen (secondary N) is 1. The van der Waals surface area contributed by atoms with Gasteiger partial charge in [-0.25, -0.2) is 4.39 Å². The van der Waals surface area contributed by atoms with Crippen LogP contribution in [0.3, 0.4) is 0 Å². The number of furan rings is 1. The Labute approximate surface area is 261 Å². The van der Waals surface area contributed by atoms with Gasteiger partial charge in [-0.3, -0.25) is 14.5 Å². The smallest absolute Gasteiger partial charge is 0.254 e. The molecule has 1 atom stereocenters. The van der Waals surface area contributed by atoms with E-state index in [0.29, 0.717) is 60.2 Å². The first-order valence-corrected chi connectivity index (χ1v) is 15.9. The largest absolute Gasteiger partial charge is 0.472 e. The standard InChI is InChI=1S/C34H36ClFN4O4/c35-23-6-7-24-25-4-3-5-26(34(42)37-9-12-38-10-1-2-11-38)32(41)27-19-28(36)31(33(30(25)27)44-29(24)18-23)40-15-13-39(14-16-40)20-22-8-17-43-21-22/h5-8,17-19,21,25H,1-4,9-16,20H2,(H,37,42)/b26-5+. The number of carbonyl (C=O) groups excluding carboxylic acids is 2. The summed E-state index contributed by atoms with van der Waals surface area (Å²) < 4.78 is 28.0. The second kappa shape index (κ2) is 12.4. The van der Waals surface area contributed by atoms with Gasteiger partial charge in [0.15, 0.2) is 17.3 Å². The van der Waals surface area contributed by atoms with Crippen LogP contribution >= 0.6 is 11.6 Å². The second-order valence-electron chi connectivity index (χ2n) is 12.1. The molecule has 0 saturated carbocycles. The van der Waals surface area contributed by atoms with Gasteiger partial charge >= 0.3 is 0 Å². The van der Waals surface area contributed by atoms with E-state index < -0.39 is 17.5 Å². The third kappa shape index (κ3) is 5.64. The number of halogens is 2. The van der Waals surface area contributed by atoms with E-state index in [1.807, 2.05) is 23.1 Å². The fourth-order valence-electron chi connectivity index (χ4n) is 7.04. The van der Waals surface area contributed by atoms with E-state index in [9.17, 15) is 9.59 Å². The SMILES string of the molecule is O=C(NCCN1CCCC1)/C1=C/CCC2c3ccc(Cl)cc3Oc3c2c(cc(F)c3N2CCN(Cc3ccoc3)CC2)C1=O. The van der Waals surface area contributed by atoms with Crippen molar-refractivity contribution in [3.63, 3.8) is 0 Å². The lowest BCUT2D eigenvalue weighted by molar-refractivity contribution is -0.117. The van der Waals surface area contributed by atoms with Crippen molar-refractivity contribution in [2.24, 2.45) is 0 Å². The first-order chi connectivity index (χ1) is 21.5. The summed E-state index contributed by atoms with van der Waals surface area (Å²) in [7, 11) is 0. The van der Waals surface area contributed by atoms with Gasteiger partial charge in [-0.1, -0.05) is 23.7 Å². The summed E-state index contributed by atoms with van der Waals surface area (Å²) in [5.74, 6) is -0.698. The van der Waals surface area contributed by atoms with Crippen LogP contribution in [0.15, 0.2) is 58.9 Å². The van der Waals surface area contributed by atoms with E-state index >= 15 is 4.39 Å². The summed E-state index contributed by atoms with van der Waals surface area (Å²) in [5.41, 5.74) is 3.27. The van der Waals surface area contributed by atoms with E-state index in [1.165, 1.54) is 18.9 Å². The average molecular weight is 619 g/mol. The first kappa shape index (κ1) is 29.1. The van der Waals surface area contributed by atoms with Crippen molar-refractivity contribution in [1.29, 1.82) is 0 Å². The molecule has 4 heterocycles. The van der Waals surface area contributed by atoms with Gasteiger partial charge in [-0.15, -0.1) is 0 Å². The third-order valence-electron chi connectivity index (χ3n) is 9.28. The predicted octanol–water partition coefficient (Wildman–Crippen LogP) is 5.75. The molecule has 2 saturated heterocycles. The number of fused-ring (bicyclic) bond motifs is 2. The topological polar surface area (TPSA) is 78.3 Å². The molecule has 1 unspecified atom stereocenters. The van der Waals surface area contributed by atoms with Gasteiger partial charge in [0.25, 0.3) is 5.91 Å². The number of hydrogen-bond acceptors (Lipinski definition) is 7. The molecule has 0 bridgehead atoms. The number of benzene rings is 2. The lowest BCUT2D eigenvalue weighted by Gasteiger charge is -2.39. The lowest BCUT2D eigenvalue weighted by Crippen LogP contribution is -2.46. The number of nitrogens with zero attached hydrogens (tertiary/aromatic N) is 3. The van der Waals surface area contributed by atoms with Crippen molar-refractivity contribution in [2.75, 3.05) is 57.3 Å². The highest BCUT2D eigenvalue weighted by Crippen LogP contribution is 2.53. The minimum Gasteiger partial charge on any atom is -0.472 e. The summed E-state index contributed by atoms with van der Waals surface area (Å²) in [5, 5.41) is 3.45. The van der Waals surface area contributed by atoms with Crippen LogP contribution in [0.5, 0.6) is 11.5 Å². The van der Waals surface area contributed by atoms with Crippen molar-refractivity contribution in [1.82, 2.24) is 15.1 Å². The van der Waals surface area contributed by atoms with E-state index in [2.05, 4.69) is 15.1 Å². The zero-order valence-electron chi connectivity index (χ0n) is 24.6. The highest BCUT2D eigenvalue weighted by Gasteiger charge is 2.39. The first-order valence-electron chi connectivity index (χ1n) is 15.5. The normalized spacial score (nSPS) is 21.5. The number of likely N-dealkylation sites (tertiary alicyclic amines) is 1. The van der Waals surface area contributed by atoms with E-state index in [-0.39, 0.29) is 17.1 Å². The van der Waals surface area contributed by atoms with E-state index in [0.717, 1.165) is 50.4 Å². The van der Waals surface area contributed by atoms with Crippen LogP contribution in [0, 0.1) is 5.82 Å². The van der Waals surface area contributed by atoms with Crippen LogP contribution in [-0.2, 0) is 11.3 Å². The minimum absolute atomic E-state index is 0.0639. The van der Waals surface area contributed by atoms with Crippen molar-refractivity contribution in [2.45, 2.75) is 38.1 Å². The highest BCUT2D eigenvalue weighted by molar-refractivity contribution is 6.30. The van der Waals surface area contributed by atoms with Crippen LogP contribution in [0.25, 0.3) is 0 Å². The number of ketones is 1. The Balaban J connectivity index is 1.20. The van der Waals surface area contributed by atoms with Gasteiger partial charge in [0.1, 0.15) is 11.4 Å². The zero-order chi connectivity index (χ0) is 30.2. The van der Waals surface area contributed by atoms with Gasteiger partial charge in [0, 0.05) is 79.0 Å². The molecule has 3 aromatic rings. The molecule has 10 heteroatoms. The average Bonchev–Trinajstić information content (AvgIpc) is 3.73. The summed E-state index contributed by atoms with van der Waals surface area (Å²) in [6, 6.07) is 8.77. The summed E-state index contributed by atoms with van der Waals surface area (Å²) in [4.78, 5) is 34.0. The number of amides is 1. The van der Waals surface area contributed by atoms with Crippen LogP contribution in [0.2, 0.25) is 5.02 Å². The van der Waals surface area contributed by atoms with Gasteiger partial charge in [-0.05, 0) is 63.0 Å². The maximum absolute atomic E-state index is 16.3. The molecule has 44 heavy (non-hydrogen) atoms. The second-order valence-corrected chi connectivity index (χ2v) is 12.5. The van der Waals surface area contributed by atoms with Crippen molar-refractivity contribution >= 4 is 29.0 Å². The molecule has 2 aromatic carbocycles. The zero-order valence-corrected chi connectivity index (χ0v) is 25.4. The number of Topliss-reactive ketones (excluding diaryl/α,β-unsaturated/α-hetero) is 1. The number of carbonyl (C=O) groups is 2. The Bertz CT molecular complexity index is 1590. The predicted molar refractivity (Wildman–Crippen MR) is 166 cm³/mol. The quantitative estimate of drug-likeness (QED) is 0.338. The molecule has 8 nitrogen and oxygen atoms in total. The number of ether oxygens (including phenoxy) is 1. The maximum Gasteiger partial charge on any atom is 0.254 e. The Morgan fingerprint density at radius 1 is 1.05 bits per heavy atom. The molecule has 3 aliphatic heterocycles. The fraction of sp³-hybridized carbons (Fsp3) is 0.412. The maximum atomic E-state index is 16.3. The minimum atomic E-state index is -0.533. The van der Waals surface area contributed by atoms with Crippen molar-refractivity contribution in [3.8, 4) is 11.5 Å². The molecule has 1 N–H and O–H groups in total. The molecule has 1 aromatic heterocycles. The summed E-state index contributed by atoms with van der Waals surface area (Å²) >= 11 is 6.36. The van der Waals surface area contributed by atoms with Crippen molar-refractivity contribution in [3.05, 3.63) is 87.6 Å². The Kier molecular flexibility index (Phi) is 8.18. The number of piperazine rings is 1. The summed E-state index contributed by atoms with van der Waals surface area (Å²) in [6.45, 7) is 6.68. The van der Waals surface area contributed by atoms with Gasteiger partial charge in [0.05, 0.1) is 18.1 Å². The lowest BCUT2D eigenvalue weighted by atomic mass is 9.78. The fourth-order valence-corrected chi connectivity index (χ4v) is 7.20. The molecular weight excluding hydrogens is 583 g/mol. The van der Waals surface area contributed by atoms with Gasteiger partial charge in [-0.2, -0.15) is 0 Å².